The Morgan fingerprint density at radius 2 is 1.75 bits per heavy atom. The van der Waals surface area contributed by atoms with Crippen LogP contribution in [0.1, 0.15) is 11.1 Å². The number of barbiturate groups is 1. The Kier molecular flexibility index (Phi) is 3.95. The van der Waals surface area contributed by atoms with Crippen LogP contribution in [0.3, 0.4) is 0 Å². The number of benzene rings is 2. The van der Waals surface area contributed by atoms with E-state index >= 15 is 0 Å². The maximum Gasteiger partial charge on any atom is 0.335 e. The first-order valence-electron chi connectivity index (χ1n) is 7.19. The fraction of sp³-hybridized carbons (Fsp3) is 0.0556. The summed E-state index contributed by atoms with van der Waals surface area (Å²) in [6.07, 6.45) is 1.26. The van der Waals surface area contributed by atoms with Crippen LogP contribution >= 0.6 is 0 Å². The van der Waals surface area contributed by atoms with Gasteiger partial charge in [0.25, 0.3) is 11.8 Å². The monoisotopic (exact) mass is 324 g/mol. The van der Waals surface area contributed by atoms with Crippen LogP contribution in [0.15, 0.2) is 54.1 Å². The molecule has 0 aromatic heterocycles. The number of rotatable bonds is 2. The van der Waals surface area contributed by atoms with E-state index < -0.39 is 23.7 Å². The molecule has 5 nitrogen and oxygen atoms in total. The molecule has 1 saturated heterocycles. The molecule has 0 aliphatic carbocycles. The first-order chi connectivity index (χ1) is 11.5. The summed E-state index contributed by atoms with van der Waals surface area (Å²) in [7, 11) is 0. The summed E-state index contributed by atoms with van der Waals surface area (Å²) in [4.78, 5) is 37.5. The van der Waals surface area contributed by atoms with Crippen LogP contribution in [0, 0.1) is 12.7 Å². The standard InChI is InChI=1S/C18H13FN2O3/c1-11-5-7-14(8-6-11)21-17(23)15(16(22)20-18(21)24)10-12-3-2-4-13(19)9-12/h2-10H,1H3,(H,20,22,24)/b15-10-. The van der Waals surface area contributed by atoms with E-state index in [0.717, 1.165) is 10.5 Å². The summed E-state index contributed by atoms with van der Waals surface area (Å²) in [6.45, 7) is 1.88. The molecule has 4 amide bonds. The third-order valence-electron chi connectivity index (χ3n) is 3.55. The van der Waals surface area contributed by atoms with Crippen molar-refractivity contribution in [3.05, 3.63) is 71.0 Å². The fourth-order valence-corrected chi connectivity index (χ4v) is 2.35. The number of halogens is 1. The van der Waals surface area contributed by atoms with Crippen molar-refractivity contribution in [2.24, 2.45) is 0 Å². The molecule has 3 rings (SSSR count). The second-order valence-electron chi connectivity index (χ2n) is 5.35. The normalized spacial score (nSPS) is 16.5. The van der Waals surface area contributed by atoms with Gasteiger partial charge in [0.2, 0.25) is 0 Å². The van der Waals surface area contributed by atoms with Gasteiger partial charge in [0.15, 0.2) is 0 Å². The molecule has 6 heteroatoms. The highest BCUT2D eigenvalue weighted by Crippen LogP contribution is 2.22. The van der Waals surface area contributed by atoms with E-state index in [0.29, 0.717) is 11.3 Å². The lowest BCUT2D eigenvalue weighted by Crippen LogP contribution is -2.54. The van der Waals surface area contributed by atoms with Crippen molar-refractivity contribution < 1.29 is 18.8 Å². The largest absolute Gasteiger partial charge is 0.335 e. The van der Waals surface area contributed by atoms with Gasteiger partial charge in [-0.3, -0.25) is 14.9 Å². The lowest BCUT2D eigenvalue weighted by molar-refractivity contribution is -0.122. The molecule has 24 heavy (non-hydrogen) atoms. The Hall–Kier alpha value is -3.28. The van der Waals surface area contributed by atoms with E-state index in [1.54, 1.807) is 30.3 Å². The Bertz CT molecular complexity index is 872. The fourth-order valence-electron chi connectivity index (χ4n) is 2.35. The van der Waals surface area contributed by atoms with Crippen LogP contribution in [0.5, 0.6) is 0 Å². The van der Waals surface area contributed by atoms with Crippen molar-refractivity contribution in [1.82, 2.24) is 5.32 Å². The molecule has 2 aromatic rings. The summed E-state index contributed by atoms with van der Waals surface area (Å²) >= 11 is 0. The number of urea groups is 1. The Morgan fingerprint density at radius 3 is 2.42 bits per heavy atom. The Labute approximate surface area is 137 Å². The summed E-state index contributed by atoms with van der Waals surface area (Å²) < 4.78 is 13.3. The highest BCUT2D eigenvalue weighted by atomic mass is 19.1. The predicted octanol–water partition coefficient (Wildman–Crippen LogP) is 2.80. The number of amides is 4. The second kappa shape index (κ2) is 6.08. The molecular formula is C18H13FN2O3. The van der Waals surface area contributed by atoms with Crippen molar-refractivity contribution in [3.8, 4) is 0 Å². The molecular weight excluding hydrogens is 311 g/mol. The highest BCUT2D eigenvalue weighted by Gasteiger charge is 2.36. The van der Waals surface area contributed by atoms with Gasteiger partial charge in [0.1, 0.15) is 11.4 Å². The average molecular weight is 324 g/mol. The van der Waals surface area contributed by atoms with E-state index in [1.807, 2.05) is 6.92 Å². The van der Waals surface area contributed by atoms with Crippen molar-refractivity contribution >= 4 is 29.6 Å². The van der Waals surface area contributed by atoms with Gasteiger partial charge in [-0.25, -0.2) is 14.1 Å². The number of hydrogen-bond acceptors (Lipinski definition) is 3. The summed E-state index contributed by atoms with van der Waals surface area (Å²) in [5.41, 5.74) is 1.43. The lowest BCUT2D eigenvalue weighted by Gasteiger charge is -2.26. The highest BCUT2D eigenvalue weighted by molar-refractivity contribution is 6.39. The van der Waals surface area contributed by atoms with Gasteiger partial charge >= 0.3 is 6.03 Å². The predicted molar refractivity (Wildman–Crippen MR) is 86.6 cm³/mol. The minimum atomic E-state index is -0.815. The van der Waals surface area contributed by atoms with Gasteiger partial charge in [-0.2, -0.15) is 0 Å². The molecule has 0 spiro atoms. The second-order valence-corrected chi connectivity index (χ2v) is 5.35. The molecule has 1 heterocycles. The van der Waals surface area contributed by atoms with Crippen LogP contribution in [0.4, 0.5) is 14.9 Å². The topological polar surface area (TPSA) is 66.5 Å². The zero-order chi connectivity index (χ0) is 17.3. The quantitative estimate of drug-likeness (QED) is 0.682. The van der Waals surface area contributed by atoms with Crippen molar-refractivity contribution in [1.29, 1.82) is 0 Å². The van der Waals surface area contributed by atoms with E-state index in [4.69, 9.17) is 0 Å². The molecule has 1 aliphatic rings. The number of nitrogens with one attached hydrogen (secondary N) is 1. The van der Waals surface area contributed by atoms with E-state index in [2.05, 4.69) is 5.32 Å². The van der Waals surface area contributed by atoms with E-state index in [1.165, 1.54) is 24.3 Å². The lowest BCUT2D eigenvalue weighted by atomic mass is 10.1. The number of aryl methyl sites for hydroxylation is 1. The van der Waals surface area contributed by atoms with Crippen molar-refractivity contribution in [2.45, 2.75) is 6.92 Å². The van der Waals surface area contributed by atoms with Crippen LogP contribution in [-0.4, -0.2) is 17.8 Å². The third kappa shape index (κ3) is 2.94. The zero-order valence-electron chi connectivity index (χ0n) is 12.7. The number of carbonyl (C=O) groups is 3. The molecule has 120 valence electrons. The minimum Gasteiger partial charge on any atom is -0.273 e. The average Bonchev–Trinajstić information content (AvgIpc) is 2.53. The van der Waals surface area contributed by atoms with Gasteiger partial charge in [0.05, 0.1) is 5.69 Å². The van der Waals surface area contributed by atoms with E-state index in [9.17, 15) is 18.8 Å². The van der Waals surface area contributed by atoms with Gasteiger partial charge < -0.3 is 0 Å². The smallest absolute Gasteiger partial charge is 0.273 e. The summed E-state index contributed by atoms with van der Waals surface area (Å²) in [5, 5.41) is 2.12. The zero-order valence-corrected chi connectivity index (χ0v) is 12.7. The molecule has 0 bridgehead atoms. The molecule has 0 unspecified atom stereocenters. The maximum atomic E-state index is 13.3. The van der Waals surface area contributed by atoms with Gasteiger partial charge in [-0.1, -0.05) is 29.8 Å². The van der Waals surface area contributed by atoms with Crippen LogP contribution in [0.25, 0.3) is 6.08 Å². The Balaban J connectivity index is 2.01. The minimum absolute atomic E-state index is 0.235. The maximum absolute atomic E-state index is 13.3. The molecule has 0 saturated carbocycles. The third-order valence-corrected chi connectivity index (χ3v) is 3.55. The van der Waals surface area contributed by atoms with E-state index in [-0.39, 0.29) is 5.57 Å². The first-order valence-corrected chi connectivity index (χ1v) is 7.19. The SMILES string of the molecule is Cc1ccc(N2C(=O)NC(=O)/C(=C/c3cccc(F)c3)C2=O)cc1. The van der Waals surface area contributed by atoms with Crippen LogP contribution < -0.4 is 10.2 Å². The number of nitrogens with zero attached hydrogens (tertiary/aromatic N) is 1. The molecule has 1 N–H and O–H groups in total. The van der Waals surface area contributed by atoms with Gasteiger partial charge in [-0.05, 0) is 42.8 Å². The summed E-state index contributed by atoms with van der Waals surface area (Å²) in [5.74, 6) is -2.05. The summed E-state index contributed by atoms with van der Waals surface area (Å²) in [6, 6.07) is 11.4. The molecule has 1 fully saturated rings. The van der Waals surface area contributed by atoms with Crippen molar-refractivity contribution in [2.75, 3.05) is 4.90 Å². The Morgan fingerprint density at radius 1 is 1.04 bits per heavy atom. The van der Waals surface area contributed by atoms with Crippen LogP contribution in [-0.2, 0) is 9.59 Å². The number of anilines is 1. The number of hydrogen-bond donors (Lipinski definition) is 1. The molecule has 0 atom stereocenters. The van der Waals surface area contributed by atoms with Gasteiger partial charge in [0, 0.05) is 0 Å². The first kappa shape index (κ1) is 15.6. The van der Waals surface area contributed by atoms with Gasteiger partial charge in [-0.15, -0.1) is 0 Å². The van der Waals surface area contributed by atoms with Crippen LogP contribution in [0.2, 0.25) is 0 Å². The molecule has 0 radical (unpaired) electrons. The molecule has 2 aromatic carbocycles. The number of carbonyl (C=O) groups excluding carboxylic acids is 3. The van der Waals surface area contributed by atoms with Crippen molar-refractivity contribution in [3.63, 3.8) is 0 Å². The molecule has 1 aliphatic heterocycles. The number of imide groups is 2.